The maximum Gasteiger partial charge on any atom is 0.214 e. The lowest BCUT2D eigenvalue weighted by Gasteiger charge is -2.35. The molecule has 23 heavy (non-hydrogen) atoms. The number of anilines is 1. The minimum atomic E-state index is -3.23. The van der Waals surface area contributed by atoms with Crippen LogP contribution in [0.1, 0.15) is 25.3 Å². The Bertz CT molecular complexity index is 622. The summed E-state index contributed by atoms with van der Waals surface area (Å²) in [6.45, 7) is 3.64. The summed E-state index contributed by atoms with van der Waals surface area (Å²) in [7, 11) is -1.47. The largest absolute Gasteiger partial charge is 0.388 e. The zero-order chi connectivity index (χ0) is 16.9. The molecule has 1 aromatic carbocycles. The van der Waals surface area contributed by atoms with Gasteiger partial charge >= 0.3 is 0 Å². The second-order valence-electron chi connectivity index (χ2n) is 5.84. The number of hydrogen-bond donors (Lipinski definition) is 2. The first-order valence-corrected chi connectivity index (χ1v) is 9.76. The van der Waals surface area contributed by atoms with Crippen molar-refractivity contribution in [3.05, 3.63) is 29.6 Å². The van der Waals surface area contributed by atoms with E-state index in [-0.39, 0.29) is 17.6 Å². The molecule has 2 N–H and O–H groups in total. The fraction of sp³-hybridized carbons (Fsp3) is 0.625. The van der Waals surface area contributed by atoms with Crippen molar-refractivity contribution in [2.75, 3.05) is 37.8 Å². The van der Waals surface area contributed by atoms with Crippen molar-refractivity contribution in [3.63, 3.8) is 0 Å². The Labute approximate surface area is 138 Å². The van der Waals surface area contributed by atoms with Crippen LogP contribution in [0.2, 0.25) is 0 Å². The zero-order valence-corrected chi connectivity index (χ0v) is 14.6. The number of hydrogen-bond acceptors (Lipinski definition) is 4. The third-order valence-corrected chi connectivity index (χ3v) is 6.35. The number of nitrogens with zero attached hydrogens (tertiary/aromatic N) is 1. The number of sulfonamides is 1. The lowest BCUT2D eigenvalue weighted by Crippen LogP contribution is -2.54. The van der Waals surface area contributed by atoms with E-state index in [4.69, 9.17) is 0 Å². The molecular weight excluding hydrogens is 317 g/mol. The van der Waals surface area contributed by atoms with Crippen LogP contribution in [0.3, 0.4) is 0 Å². The van der Waals surface area contributed by atoms with Crippen molar-refractivity contribution in [2.24, 2.45) is 0 Å². The highest BCUT2D eigenvalue weighted by atomic mass is 32.2. The van der Waals surface area contributed by atoms with Gasteiger partial charge in [-0.05, 0) is 31.4 Å². The van der Waals surface area contributed by atoms with E-state index < -0.39 is 10.0 Å². The standard InChI is InChI=1S/C16H26FN3O2S/c1-3-11-23(21,22)20-10-9-19-12-13(20)7-8-14-15(17)5-4-6-16(14)18-2/h4-6,13,18-19H,3,7-12H2,1-2H3. The number of piperazine rings is 1. The van der Waals surface area contributed by atoms with Gasteiger partial charge in [-0.2, -0.15) is 4.31 Å². The highest BCUT2D eigenvalue weighted by molar-refractivity contribution is 7.89. The molecule has 130 valence electrons. The van der Waals surface area contributed by atoms with Crippen LogP contribution in [0, 0.1) is 5.82 Å². The minimum Gasteiger partial charge on any atom is -0.388 e. The van der Waals surface area contributed by atoms with Crippen molar-refractivity contribution in [3.8, 4) is 0 Å². The minimum absolute atomic E-state index is 0.121. The number of benzene rings is 1. The first-order valence-electron chi connectivity index (χ1n) is 8.15. The molecule has 0 bridgehead atoms. The lowest BCUT2D eigenvalue weighted by molar-refractivity contribution is 0.255. The van der Waals surface area contributed by atoms with E-state index in [0.717, 1.165) is 5.69 Å². The average Bonchev–Trinajstić information content (AvgIpc) is 2.53. The molecule has 1 atom stereocenters. The van der Waals surface area contributed by atoms with Crippen molar-refractivity contribution in [2.45, 2.75) is 32.2 Å². The van der Waals surface area contributed by atoms with Gasteiger partial charge in [0.2, 0.25) is 10.0 Å². The smallest absolute Gasteiger partial charge is 0.214 e. The molecule has 0 spiro atoms. The lowest BCUT2D eigenvalue weighted by atomic mass is 10.0. The highest BCUT2D eigenvalue weighted by Gasteiger charge is 2.31. The second-order valence-corrected chi connectivity index (χ2v) is 7.88. The van der Waals surface area contributed by atoms with Gasteiger partial charge < -0.3 is 10.6 Å². The Morgan fingerprint density at radius 2 is 2.22 bits per heavy atom. The number of halogens is 1. The average molecular weight is 343 g/mol. The Morgan fingerprint density at radius 1 is 1.43 bits per heavy atom. The second kappa shape index (κ2) is 8.08. The molecule has 7 heteroatoms. The van der Waals surface area contributed by atoms with Crippen LogP contribution in [-0.2, 0) is 16.4 Å². The van der Waals surface area contributed by atoms with E-state index in [1.165, 1.54) is 6.07 Å². The van der Waals surface area contributed by atoms with Crippen molar-refractivity contribution < 1.29 is 12.8 Å². The molecule has 5 nitrogen and oxygen atoms in total. The van der Waals surface area contributed by atoms with Gasteiger partial charge in [-0.15, -0.1) is 0 Å². The van der Waals surface area contributed by atoms with Gasteiger partial charge in [-0.3, -0.25) is 0 Å². The quantitative estimate of drug-likeness (QED) is 0.793. The molecule has 0 amide bonds. The van der Waals surface area contributed by atoms with Gasteiger partial charge in [-0.1, -0.05) is 13.0 Å². The summed E-state index contributed by atoms with van der Waals surface area (Å²) in [5.41, 5.74) is 1.38. The third-order valence-electron chi connectivity index (χ3n) is 4.23. The van der Waals surface area contributed by atoms with Crippen LogP contribution in [-0.4, -0.2) is 51.2 Å². The van der Waals surface area contributed by atoms with Crippen LogP contribution in [0.5, 0.6) is 0 Å². The molecular formula is C16H26FN3O2S. The molecule has 0 radical (unpaired) electrons. The van der Waals surface area contributed by atoms with E-state index in [1.807, 2.05) is 13.0 Å². The molecule has 1 heterocycles. The first kappa shape index (κ1) is 18.2. The summed E-state index contributed by atoms with van der Waals surface area (Å²) in [5, 5.41) is 6.24. The third kappa shape index (κ3) is 4.43. The van der Waals surface area contributed by atoms with E-state index in [9.17, 15) is 12.8 Å². The fourth-order valence-electron chi connectivity index (χ4n) is 3.09. The van der Waals surface area contributed by atoms with Gasteiger partial charge in [0.05, 0.1) is 5.75 Å². The predicted octanol–water partition coefficient (Wildman–Crippen LogP) is 1.81. The van der Waals surface area contributed by atoms with E-state index >= 15 is 0 Å². The first-order chi connectivity index (χ1) is 11.0. The van der Waals surface area contributed by atoms with Crippen LogP contribution in [0.15, 0.2) is 18.2 Å². The van der Waals surface area contributed by atoms with Crippen molar-refractivity contribution in [1.82, 2.24) is 9.62 Å². The van der Waals surface area contributed by atoms with Gasteiger partial charge in [0.25, 0.3) is 0 Å². The zero-order valence-electron chi connectivity index (χ0n) is 13.8. The molecule has 0 aromatic heterocycles. The summed E-state index contributed by atoms with van der Waals surface area (Å²) in [6.07, 6.45) is 1.72. The van der Waals surface area contributed by atoms with E-state index in [0.29, 0.717) is 44.5 Å². The normalized spacial score (nSPS) is 19.7. The molecule has 1 saturated heterocycles. The summed E-state index contributed by atoms with van der Waals surface area (Å²) in [5.74, 6) is -0.0751. The van der Waals surface area contributed by atoms with E-state index in [1.54, 1.807) is 17.4 Å². The Morgan fingerprint density at radius 3 is 2.91 bits per heavy atom. The van der Waals surface area contributed by atoms with Gasteiger partial charge in [0.1, 0.15) is 5.82 Å². The van der Waals surface area contributed by atoms with Crippen molar-refractivity contribution >= 4 is 15.7 Å². The molecule has 1 aromatic rings. The SMILES string of the molecule is CCCS(=O)(=O)N1CCNCC1CCc1c(F)cccc1NC. The van der Waals surface area contributed by atoms with Crippen LogP contribution < -0.4 is 10.6 Å². The summed E-state index contributed by atoms with van der Waals surface area (Å²) < 4.78 is 40.5. The molecule has 1 aliphatic heterocycles. The molecule has 1 aliphatic rings. The fourth-order valence-corrected chi connectivity index (χ4v) is 4.84. The van der Waals surface area contributed by atoms with E-state index in [2.05, 4.69) is 10.6 Å². The van der Waals surface area contributed by atoms with Gasteiger partial charge in [0, 0.05) is 44.0 Å². The highest BCUT2D eigenvalue weighted by Crippen LogP contribution is 2.23. The van der Waals surface area contributed by atoms with Crippen LogP contribution in [0.4, 0.5) is 10.1 Å². The van der Waals surface area contributed by atoms with Crippen LogP contribution >= 0.6 is 0 Å². The summed E-state index contributed by atoms with van der Waals surface area (Å²) >= 11 is 0. The van der Waals surface area contributed by atoms with Crippen LogP contribution in [0.25, 0.3) is 0 Å². The number of rotatable bonds is 7. The van der Waals surface area contributed by atoms with Gasteiger partial charge in [0.15, 0.2) is 0 Å². The maximum absolute atomic E-state index is 14.1. The van der Waals surface area contributed by atoms with Crippen molar-refractivity contribution in [1.29, 1.82) is 0 Å². The summed E-state index contributed by atoms with van der Waals surface area (Å²) in [6, 6.07) is 4.83. The molecule has 1 unspecified atom stereocenters. The predicted molar refractivity (Wildman–Crippen MR) is 91.7 cm³/mol. The number of nitrogens with one attached hydrogen (secondary N) is 2. The molecule has 0 saturated carbocycles. The molecule has 2 rings (SSSR count). The molecule has 1 fully saturated rings. The monoisotopic (exact) mass is 343 g/mol. The van der Waals surface area contributed by atoms with Gasteiger partial charge in [-0.25, -0.2) is 12.8 Å². The Hall–Kier alpha value is -1.18. The Kier molecular flexibility index (Phi) is 6.38. The Balaban J connectivity index is 2.12. The maximum atomic E-state index is 14.1. The molecule has 0 aliphatic carbocycles. The summed E-state index contributed by atoms with van der Waals surface area (Å²) in [4.78, 5) is 0. The topological polar surface area (TPSA) is 61.4 Å².